The second-order valence-electron chi connectivity index (χ2n) is 10.2. The highest BCUT2D eigenvalue weighted by molar-refractivity contribution is 9.10. The van der Waals surface area contributed by atoms with Gasteiger partial charge in [-0.1, -0.05) is 15.9 Å². The van der Waals surface area contributed by atoms with Crippen molar-refractivity contribution in [3.8, 4) is 5.75 Å². The van der Waals surface area contributed by atoms with Crippen LogP contribution in [0.25, 0.3) is 0 Å². The largest absolute Gasteiger partial charge is 0.491 e. The van der Waals surface area contributed by atoms with Gasteiger partial charge in [-0.15, -0.1) is 0 Å². The summed E-state index contributed by atoms with van der Waals surface area (Å²) >= 11 is 3.73. The number of likely N-dealkylation sites (N-methyl/N-ethyl adjacent to an activating group) is 1. The summed E-state index contributed by atoms with van der Waals surface area (Å²) in [7, 11) is 0. The van der Waals surface area contributed by atoms with Crippen molar-refractivity contribution < 1.29 is 14.6 Å². The van der Waals surface area contributed by atoms with Gasteiger partial charge in [-0.25, -0.2) is 0 Å². The molecule has 2 fully saturated rings. The van der Waals surface area contributed by atoms with E-state index < -0.39 is 0 Å². The van der Waals surface area contributed by atoms with Gasteiger partial charge in [-0.2, -0.15) is 0 Å². The topological polar surface area (TPSA) is 53.0 Å². The van der Waals surface area contributed by atoms with Gasteiger partial charge in [-0.3, -0.25) is 4.79 Å². The number of rotatable bonds is 10. The number of amides is 1. The van der Waals surface area contributed by atoms with Crippen LogP contribution in [0.15, 0.2) is 22.7 Å². The van der Waals surface area contributed by atoms with E-state index >= 15 is 0 Å². The van der Waals surface area contributed by atoms with E-state index in [2.05, 4.69) is 46.8 Å². The number of carbonyl (C=O) groups excluding carboxylic acids is 1. The first-order chi connectivity index (χ1) is 15.9. The van der Waals surface area contributed by atoms with E-state index in [0.717, 1.165) is 36.8 Å². The van der Waals surface area contributed by atoms with Crippen LogP contribution in [0.3, 0.4) is 0 Å². The third kappa shape index (κ3) is 7.97. The second-order valence-corrected chi connectivity index (χ2v) is 11.1. The number of carbonyl (C=O) groups is 1. The van der Waals surface area contributed by atoms with Crippen molar-refractivity contribution >= 4 is 21.8 Å². The van der Waals surface area contributed by atoms with Crippen LogP contribution in [0.1, 0.15) is 71.3 Å². The fourth-order valence-corrected chi connectivity index (χ4v) is 6.03. The van der Waals surface area contributed by atoms with E-state index in [9.17, 15) is 9.90 Å². The molecule has 1 aromatic carbocycles. The van der Waals surface area contributed by atoms with Gasteiger partial charge in [-0.05, 0) is 127 Å². The Labute approximate surface area is 209 Å². The van der Waals surface area contributed by atoms with Gasteiger partial charge in [0.2, 0.25) is 5.91 Å². The zero-order valence-corrected chi connectivity index (χ0v) is 22.4. The van der Waals surface area contributed by atoms with Gasteiger partial charge < -0.3 is 19.6 Å². The maximum absolute atomic E-state index is 11.9. The molecular formula is C27H43BrN2O3. The molecule has 1 aliphatic carbocycles. The van der Waals surface area contributed by atoms with Crippen LogP contribution in [0.4, 0.5) is 0 Å². The molecule has 1 heterocycles. The minimum atomic E-state index is -0.363. The summed E-state index contributed by atoms with van der Waals surface area (Å²) in [6.45, 7) is 10.1. The van der Waals surface area contributed by atoms with Crippen molar-refractivity contribution in [3.63, 3.8) is 0 Å². The average Bonchev–Trinajstić information content (AvgIpc) is 2.81. The molecule has 1 amide bonds. The van der Waals surface area contributed by atoms with Gasteiger partial charge >= 0.3 is 0 Å². The summed E-state index contributed by atoms with van der Waals surface area (Å²) in [6.07, 6.45) is 9.71. The summed E-state index contributed by atoms with van der Waals surface area (Å²) < 4.78 is 7.08. The average molecular weight is 524 g/mol. The zero-order valence-electron chi connectivity index (χ0n) is 20.8. The van der Waals surface area contributed by atoms with Crippen LogP contribution in [-0.4, -0.2) is 65.7 Å². The highest BCUT2D eigenvalue weighted by Crippen LogP contribution is 2.32. The molecule has 5 nitrogen and oxygen atoms in total. The number of aliphatic hydroxyl groups excluding tert-OH is 1. The first-order valence-electron chi connectivity index (χ1n) is 13.0. The fourth-order valence-electron chi connectivity index (χ4n) is 5.62. The molecule has 33 heavy (non-hydrogen) atoms. The summed E-state index contributed by atoms with van der Waals surface area (Å²) in [6, 6.07) is 6.70. The SMILES string of the molecule is CCN(C(=O)CO)[C@H]1CC[C@H](CCN2CCC(Cc3cc(OC(C)C)ccc3Br)CC2)CC1. The quantitative estimate of drug-likeness (QED) is 0.454. The fraction of sp³-hybridized carbons (Fsp3) is 0.741. The molecule has 1 N–H and O–H groups in total. The number of benzene rings is 1. The number of piperidine rings is 1. The molecule has 0 atom stereocenters. The van der Waals surface area contributed by atoms with E-state index in [0.29, 0.717) is 12.6 Å². The molecule has 0 aromatic heterocycles. The Kier molecular flexibility index (Phi) is 10.5. The Morgan fingerprint density at radius 3 is 2.45 bits per heavy atom. The predicted molar refractivity (Wildman–Crippen MR) is 138 cm³/mol. The lowest BCUT2D eigenvalue weighted by Gasteiger charge is -2.37. The molecule has 0 bridgehead atoms. The lowest BCUT2D eigenvalue weighted by molar-refractivity contribution is -0.137. The van der Waals surface area contributed by atoms with E-state index in [4.69, 9.17) is 4.74 Å². The van der Waals surface area contributed by atoms with Gasteiger partial charge in [0, 0.05) is 17.1 Å². The molecule has 1 aromatic rings. The van der Waals surface area contributed by atoms with Gasteiger partial charge in [0.1, 0.15) is 12.4 Å². The van der Waals surface area contributed by atoms with Gasteiger partial charge in [0.15, 0.2) is 0 Å². The molecule has 1 aliphatic heterocycles. The number of hydrogen-bond acceptors (Lipinski definition) is 4. The number of ether oxygens (including phenoxy) is 1. The lowest BCUT2D eigenvalue weighted by Crippen LogP contribution is -2.43. The molecule has 0 radical (unpaired) electrons. The number of halogens is 1. The van der Waals surface area contributed by atoms with Crippen LogP contribution in [0.2, 0.25) is 0 Å². The summed E-state index contributed by atoms with van der Waals surface area (Å²) in [5, 5.41) is 9.20. The Bertz CT molecular complexity index is 741. The molecular weight excluding hydrogens is 480 g/mol. The van der Waals surface area contributed by atoms with Crippen LogP contribution in [0.5, 0.6) is 5.75 Å². The number of aliphatic hydroxyl groups is 1. The Morgan fingerprint density at radius 2 is 1.85 bits per heavy atom. The minimum Gasteiger partial charge on any atom is -0.491 e. The third-order valence-corrected chi connectivity index (χ3v) is 8.29. The standard InChI is InChI=1S/C27H43BrN2O3/c1-4-30(27(32)19-31)24-7-5-21(6-8-24)11-14-29-15-12-22(13-16-29)17-23-18-25(33-20(2)3)9-10-26(23)28/h9-10,18,20-22,24,31H,4-8,11-17,19H2,1-3H3/t21-,24-. The summed E-state index contributed by atoms with van der Waals surface area (Å²) in [4.78, 5) is 16.5. The molecule has 0 spiro atoms. The highest BCUT2D eigenvalue weighted by Gasteiger charge is 2.28. The van der Waals surface area contributed by atoms with Gasteiger partial charge in [0.05, 0.1) is 6.10 Å². The zero-order chi connectivity index (χ0) is 23.8. The Hall–Kier alpha value is -1.11. The first kappa shape index (κ1) is 26.5. The summed E-state index contributed by atoms with van der Waals surface area (Å²) in [5.41, 5.74) is 1.36. The van der Waals surface area contributed by atoms with E-state index in [1.54, 1.807) is 0 Å². The molecule has 0 unspecified atom stereocenters. The predicted octanol–water partition coefficient (Wildman–Crippen LogP) is 5.28. The maximum atomic E-state index is 11.9. The second kappa shape index (κ2) is 13.1. The van der Waals surface area contributed by atoms with E-state index in [1.165, 1.54) is 61.8 Å². The number of likely N-dealkylation sites (tertiary alicyclic amines) is 1. The molecule has 186 valence electrons. The van der Waals surface area contributed by atoms with Gasteiger partial charge in [0.25, 0.3) is 0 Å². The van der Waals surface area contributed by atoms with Crippen LogP contribution < -0.4 is 4.74 Å². The first-order valence-corrected chi connectivity index (χ1v) is 13.8. The smallest absolute Gasteiger partial charge is 0.248 e. The molecule has 1 saturated heterocycles. The third-order valence-electron chi connectivity index (χ3n) is 7.51. The van der Waals surface area contributed by atoms with Crippen LogP contribution in [0, 0.1) is 11.8 Å². The van der Waals surface area contributed by atoms with Crippen molar-refractivity contribution in [1.82, 2.24) is 9.80 Å². The number of nitrogens with zero attached hydrogens (tertiary/aromatic N) is 2. The monoisotopic (exact) mass is 522 g/mol. The summed E-state index contributed by atoms with van der Waals surface area (Å²) in [5.74, 6) is 2.38. The van der Waals surface area contributed by atoms with Crippen LogP contribution in [-0.2, 0) is 11.2 Å². The number of hydrogen-bond donors (Lipinski definition) is 1. The van der Waals surface area contributed by atoms with E-state index in [-0.39, 0.29) is 18.6 Å². The normalized spacial score (nSPS) is 22.5. The molecule has 3 rings (SSSR count). The van der Waals surface area contributed by atoms with Crippen molar-refractivity contribution in [2.75, 3.05) is 32.8 Å². The van der Waals surface area contributed by atoms with Crippen molar-refractivity contribution in [3.05, 3.63) is 28.2 Å². The highest BCUT2D eigenvalue weighted by atomic mass is 79.9. The minimum absolute atomic E-state index is 0.116. The van der Waals surface area contributed by atoms with Crippen LogP contribution >= 0.6 is 15.9 Å². The lowest BCUT2D eigenvalue weighted by atomic mass is 9.83. The molecule has 2 aliphatic rings. The van der Waals surface area contributed by atoms with Crippen molar-refractivity contribution in [2.45, 2.75) is 84.3 Å². The Morgan fingerprint density at radius 1 is 1.15 bits per heavy atom. The van der Waals surface area contributed by atoms with Crippen molar-refractivity contribution in [1.29, 1.82) is 0 Å². The molecule has 6 heteroatoms. The molecule has 1 saturated carbocycles. The maximum Gasteiger partial charge on any atom is 0.248 e. The van der Waals surface area contributed by atoms with Crippen molar-refractivity contribution in [2.24, 2.45) is 11.8 Å². The Balaban J connectivity index is 1.37. The van der Waals surface area contributed by atoms with E-state index in [1.807, 2.05) is 17.9 Å².